The van der Waals surface area contributed by atoms with Crippen LogP contribution in [0.15, 0.2) is 91.5 Å². The molecule has 4 rings (SSSR count). The van der Waals surface area contributed by atoms with E-state index in [-0.39, 0.29) is 18.9 Å². The number of carbonyl (C=O) groups excluding carboxylic acids is 2. The predicted molar refractivity (Wildman–Crippen MR) is 165 cm³/mol. The number of esters is 1. The van der Waals surface area contributed by atoms with Crippen LogP contribution in [0.1, 0.15) is 74.5 Å². The molecule has 0 heterocycles. The smallest absolute Gasteiger partial charge is 0.329 e. The lowest BCUT2D eigenvalue weighted by Crippen LogP contribution is -2.54. The zero-order chi connectivity index (χ0) is 30.0. The first-order valence-electron chi connectivity index (χ1n) is 14.9. The highest BCUT2D eigenvalue weighted by Gasteiger charge is 2.37. The van der Waals surface area contributed by atoms with Gasteiger partial charge in [0.15, 0.2) is 0 Å². The van der Waals surface area contributed by atoms with Gasteiger partial charge in [-0.2, -0.15) is 0 Å². The van der Waals surface area contributed by atoms with Crippen molar-refractivity contribution in [2.75, 3.05) is 6.61 Å². The minimum atomic E-state index is -1.42. The molecule has 0 spiro atoms. The lowest BCUT2D eigenvalue weighted by Gasteiger charge is -2.29. The topological polar surface area (TPSA) is 92.7 Å². The van der Waals surface area contributed by atoms with Crippen molar-refractivity contribution >= 4 is 17.8 Å². The van der Waals surface area contributed by atoms with E-state index in [0.29, 0.717) is 19.3 Å². The van der Waals surface area contributed by atoms with Gasteiger partial charge < -0.3 is 15.2 Å². The van der Waals surface area contributed by atoms with Crippen molar-refractivity contribution in [2.24, 2.45) is 5.92 Å². The van der Waals surface area contributed by atoms with E-state index in [4.69, 9.17) is 4.74 Å². The van der Waals surface area contributed by atoms with Gasteiger partial charge in [0.25, 0.3) is 0 Å². The number of benzene rings is 3. The minimum Gasteiger partial charge on any atom is -0.480 e. The third kappa shape index (κ3) is 7.75. The van der Waals surface area contributed by atoms with E-state index in [2.05, 4.69) is 36.2 Å². The molecule has 0 radical (unpaired) electrons. The molecule has 1 aliphatic carbocycles. The maximum absolute atomic E-state index is 13.6. The summed E-state index contributed by atoms with van der Waals surface area (Å²) in [5.74, 6) is -2.86. The Hall–Kier alpha value is -4.19. The van der Waals surface area contributed by atoms with Gasteiger partial charge in [-0.3, -0.25) is 9.59 Å². The van der Waals surface area contributed by atoms with Crippen LogP contribution in [0.5, 0.6) is 0 Å². The van der Waals surface area contributed by atoms with Crippen LogP contribution in [0, 0.1) is 5.92 Å². The summed E-state index contributed by atoms with van der Waals surface area (Å²) < 4.78 is 5.80. The number of carboxylic acids is 1. The Balaban J connectivity index is 1.43. The summed E-state index contributed by atoms with van der Waals surface area (Å²) in [6.07, 6.45) is 6.82. The second-order valence-corrected chi connectivity index (χ2v) is 11.4. The van der Waals surface area contributed by atoms with Gasteiger partial charge in [-0.1, -0.05) is 104 Å². The molecule has 3 aromatic carbocycles. The van der Waals surface area contributed by atoms with Crippen LogP contribution in [0.25, 0.3) is 11.1 Å². The lowest BCUT2D eigenvalue weighted by atomic mass is 9.90. The first kappa shape index (κ1) is 30.8. The van der Waals surface area contributed by atoms with Crippen LogP contribution < -0.4 is 5.32 Å². The van der Waals surface area contributed by atoms with Gasteiger partial charge in [-0.05, 0) is 60.4 Å². The summed E-state index contributed by atoms with van der Waals surface area (Å²) in [6, 6.07) is 25.7. The largest absolute Gasteiger partial charge is 0.480 e. The number of carbonyl (C=O) groups is 3. The van der Waals surface area contributed by atoms with Gasteiger partial charge in [0.2, 0.25) is 5.91 Å². The number of fused-ring (bicyclic) bond motifs is 3. The molecule has 0 unspecified atom stereocenters. The number of aliphatic carboxylic acids is 1. The molecule has 6 heteroatoms. The van der Waals surface area contributed by atoms with Crippen LogP contribution in [-0.4, -0.2) is 35.1 Å². The van der Waals surface area contributed by atoms with Gasteiger partial charge in [0, 0.05) is 5.92 Å². The molecule has 0 saturated heterocycles. The fraction of sp³-hybridized carbons (Fsp3) is 0.361. The summed E-state index contributed by atoms with van der Waals surface area (Å²) in [7, 11) is 0. The quantitative estimate of drug-likeness (QED) is 0.110. The zero-order valence-corrected chi connectivity index (χ0v) is 24.4. The highest BCUT2D eigenvalue weighted by molar-refractivity contribution is 5.90. The average molecular weight is 568 g/mol. The predicted octanol–water partition coefficient (Wildman–Crippen LogP) is 7.08. The van der Waals surface area contributed by atoms with Gasteiger partial charge in [-0.15, -0.1) is 6.58 Å². The third-order valence-corrected chi connectivity index (χ3v) is 8.19. The average Bonchev–Trinajstić information content (AvgIpc) is 3.31. The number of nitrogens with one attached hydrogen (secondary N) is 1. The first-order chi connectivity index (χ1) is 20.3. The van der Waals surface area contributed by atoms with Crippen molar-refractivity contribution in [1.82, 2.24) is 5.32 Å². The number of hydrogen-bond donors (Lipinski definition) is 2. The molecule has 2 N–H and O–H groups in total. The summed E-state index contributed by atoms with van der Waals surface area (Å²) in [6.45, 7) is 5.45. The third-order valence-electron chi connectivity index (χ3n) is 8.19. The molecule has 0 fully saturated rings. The molecule has 6 nitrogen and oxygen atoms in total. The summed E-state index contributed by atoms with van der Waals surface area (Å²) >= 11 is 0. The zero-order valence-electron chi connectivity index (χ0n) is 24.4. The van der Waals surface area contributed by atoms with Crippen LogP contribution in [0.4, 0.5) is 0 Å². The van der Waals surface area contributed by atoms with Gasteiger partial charge in [0.1, 0.15) is 12.1 Å². The molecule has 0 aromatic heterocycles. The van der Waals surface area contributed by atoms with Gasteiger partial charge >= 0.3 is 11.9 Å². The Morgan fingerprint density at radius 1 is 0.905 bits per heavy atom. The molecule has 220 valence electrons. The van der Waals surface area contributed by atoms with E-state index in [9.17, 15) is 19.5 Å². The number of ether oxygens (including phenoxy) is 1. The van der Waals surface area contributed by atoms with Crippen molar-refractivity contribution in [3.8, 4) is 11.1 Å². The first-order valence-corrected chi connectivity index (χ1v) is 14.9. The summed E-state index contributed by atoms with van der Waals surface area (Å²) in [5.41, 5.74) is 3.99. The van der Waals surface area contributed by atoms with Crippen molar-refractivity contribution in [2.45, 2.75) is 69.7 Å². The van der Waals surface area contributed by atoms with Crippen molar-refractivity contribution in [3.05, 3.63) is 108 Å². The monoisotopic (exact) mass is 567 g/mol. The maximum Gasteiger partial charge on any atom is 0.329 e. The Morgan fingerprint density at radius 3 is 2.12 bits per heavy atom. The van der Waals surface area contributed by atoms with Crippen LogP contribution in [0.3, 0.4) is 0 Å². The second kappa shape index (κ2) is 14.6. The molecule has 3 aromatic rings. The van der Waals surface area contributed by atoms with Crippen molar-refractivity contribution < 1.29 is 24.2 Å². The normalized spacial score (nSPS) is 14.2. The maximum atomic E-state index is 13.6. The molecule has 0 bridgehead atoms. The summed E-state index contributed by atoms with van der Waals surface area (Å²) in [4.78, 5) is 39.0. The highest BCUT2D eigenvalue weighted by Crippen LogP contribution is 2.44. The van der Waals surface area contributed by atoms with Crippen LogP contribution in [-0.2, 0) is 25.5 Å². The molecule has 2 atom stereocenters. The summed E-state index contributed by atoms with van der Waals surface area (Å²) in [5, 5.41) is 12.8. The Labute approximate surface area is 248 Å². The molecule has 0 saturated carbocycles. The molecule has 1 amide bonds. The van der Waals surface area contributed by atoms with Crippen LogP contribution >= 0.6 is 0 Å². The SMILES string of the molecule is C=CCCCCCC[C@@](C)(NC(=O)[C@@H](CC(=O)OCC1c2ccccc2-c2ccccc21)Cc1ccccc1)C(=O)O. The fourth-order valence-corrected chi connectivity index (χ4v) is 5.75. The van der Waals surface area contributed by atoms with Gasteiger partial charge in [-0.25, -0.2) is 4.79 Å². The Bertz CT molecular complexity index is 1340. The fourth-order valence-electron chi connectivity index (χ4n) is 5.75. The number of amides is 1. The van der Waals surface area contributed by atoms with Crippen LogP contribution in [0.2, 0.25) is 0 Å². The van der Waals surface area contributed by atoms with Crippen molar-refractivity contribution in [1.29, 1.82) is 0 Å². The van der Waals surface area contributed by atoms with E-state index in [1.807, 2.05) is 60.7 Å². The van der Waals surface area contributed by atoms with E-state index >= 15 is 0 Å². The molecule has 1 aliphatic rings. The number of allylic oxidation sites excluding steroid dienone is 1. The number of unbranched alkanes of at least 4 members (excludes halogenated alkanes) is 4. The molecule has 0 aliphatic heterocycles. The van der Waals surface area contributed by atoms with E-state index < -0.39 is 29.3 Å². The highest BCUT2D eigenvalue weighted by atomic mass is 16.5. The molecular formula is C36H41NO5. The number of carboxylic acid groups (broad SMARTS) is 1. The Kier molecular flexibility index (Phi) is 10.7. The van der Waals surface area contributed by atoms with Gasteiger partial charge in [0.05, 0.1) is 12.3 Å². The Morgan fingerprint density at radius 2 is 1.50 bits per heavy atom. The lowest BCUT2D eigenvalue weighted by molar-refractivity contribution is -0.150. The van der Waals surface area contributed by atoms with Crippen molar-refractivity contribution in [3.63, 3.8) is 0 Å². The molecular weight excluding hydrogens is 526 g/mol. The number of rotatable bonds is 16. The number of hydrogen-bond acceptors (Lipinski definition) is 4. The second-order valence-electron chi connectivity index (χ2n) is 11.4. The van der Waals surface area contributed by atoms with E-state index in [0.717, 1.165) is 53.5 Å². The van der Waals surface area contributed by atoms with E-state index in [1.165, 1.54) is 0 Å². The standard InChI is InChI=1S/C36H41NO5/c1-3-4-5-6-7-15-22-36(2,35(40)41)37-34(39)27(23-26-16-9-8-10-17-26)24-33(38)42-25-32-30-20-13-11-18-28(30)29-19-12-14-21-31(29)32/h3,8-14,16-21,27,32H,1,4-7,15,22-25H2,2H3,(H,37,39)(H,40,41)/t27-,36-/m1/s1. The molecule has 42 heavy (non-hydrogen) atoms. The van der Waals surface area contributed by atoms with E-state index in [1.54, 1.807) is 6.92 Å². The minimum absolute atomic E-state index is 0.0791.